The van der Waals surface area contributed by atoms with Crippen LogP contribution < -0.4 is 11.0 Å². The highest BCUT2D eigenvalue weighted by Gasteiger charge is 2.19. The predicted octanol–water partition coefficient (Wildman–Crippen LogP) is 1.62. The monoisotopic (exact) mass is 433 g/mol. The molecule has 12 heteroatoms. The maximum absolute atomic E-state index is 12.2. The van der Waals surface area contributed by atoms with Crippen molar-refractivity contribution < 1.29 is 13.2 Å². The molecule has 0 atom stereocenters. The van der Waals surface area contributed by atoms with Gasteiger partial charge in [-0.15, -0.1) is 5.10 Å². The molecule has 0 radical (unpaired) electrons. The Morgan fingerprint density at radius 2 is 2.11 bits per heavy atom. The fraction of sp³-hybridized carbons (Fsp3) is 0.400. The second-order valence-corrected chi connectivity index (χ2v) is 9.23. The van der Waals surface area contributed by atoms with Crippen molar-refractivity contribution in [2.24, 2.45) is 0 Å². The van der Waals surface area contributed by atoms with Crippen molar-refractivity contribution in [1.82, 2.24) is 19.1 Å². The summed E-state index contributed by atoms with van der Waals surface area (Å²) >= 11 is 7.16. The van der Waals surface area contributed by atoms with Crippen LogP contribution in [0.1, 0.15) is 13.3 Å². The smallest absolute Gasteiger partial charge is 0.324 e. The molecule has 0 aliphatic rings. The van der Waals surface area contributed by atoms with E-state index >= 15 is 0 Å². The molecule has 0 fully saturated rings. The van der Waals surface area contributed by atoms with Crippen LogP contribution in [-0.4, -0.2) is 53.2 Å². The number of hydrogen-bond acceptors (Lipinski definition) is 6. The number of carbonyl (C=O) groups excluding carboxylic acids is 1. The van der Waals surface area contributed by atoms with Gasteiger partial charge >= 0.3 is 5.69 Å². The molecule has 148 valence electrons. The number of hydrogen-bond donors (Lipinski definition) is 2. The number of rotatable bonds is 8. The molecule has 0 unspecified atom stereocenters. The Morgan fingerprint density at radius 1 is 1.41 bits per heavy atom. The first-order valence-corrected chi connectivity index (χ1v) is 10.8. The first kappa shape index (κ1) is 21.5. The molecule has 2 rings (SSSR count). The highest BCUT2D eigenvalue weighted by molar-refractivity contribution is 7.99. The van der Waals surface area contributed by atoms with E-state index in [1.807, 2.05) is 6.92 Å². The molecule has 1 aromatic carbocycles. The first-order valence-electron chi connectivity index (χ1n) is 7.96. The van der Waals surface area contributed by atoms with Crippen molar-refractivity contribution in [2.45, 2.75) is 29.9 Å². The Morgan fingerprint density at radius 3 is 2.74 bits per heavy atom. The number of carbonyl (C=O) groups is 1. The van der Waals surface area contributed by atoms with E-state index < -0.39 is 15.9 Å². The van der Waals surface area contributed by atoms with Gasteiger partial charge in [-0.25, -0.2) is 22.6 Å². The van der Waals surface area contributed by atoms with E-state index in [-0.39, 0.29) is 27.0 Å². The second-order valence-electron chi connectivity index (χ2n) is 5.73. The zero-order valence-electron chi connectivity index (χ0n) is 15.0. The van der Waals surface area contributed by atoms with Crippen LogP contribution in [0.25, 0.3) is 0 Å². The number of sulfonamides is 1. The van der Waals surface area contributed by atoms with Gasteiger partial charge in [-0.05, 0) is 24.6 Å². The molecule has 27 heavy (non-hydrogen) atoms. The summed E-state index contributed by atoms with van der Waals surface area (Å²) in [5.41, 5.74) is -0.137. The van der Waals surface area contributed by atoms with Crippen molar-refractivity contribution >= 4 is 45.0 Å². The Labute approximate surface area is 166 Å². The molecule has 0 bridgehead atoms. The molecule has 1 heterocycles. The third kappa shape index (κ3) is 5.12. The summed E-state index contributed by atoms with van der Waals surface area (Å²) in [6, 6.07) is 4.09. The van der Waals surface area contributed by atoms with Gasteiger partial charge in [0.05, 0.1) is 21.4 Å². The number of amides is 1. The van der Waals surface area contributed by atoms with Gasteiger partial charge in [0.15, 0.2) is 5.16 Å². The van der Waals surface area contributed by atoms with Crippen molar-refractivity contribution in [3.63, 3.8) is 0 Å². The van der Waals surface area contributed by atoms with Crippen LogP contribution >= 0.6 is 23.4 Å². The molecule has 9 nitrogen and oxygen atoms in total. The molecular formula is C15H20ClN5O4S2. The van der Waals surface area contributed by atoms with Crippen LogP contribution in [0.5, 0.6) is 0 Å². The van der Waals surface area contributed by atoms with Gasteiger partial charge in [0.1, 0.15) is 0 Å². The molecular weight excluding hydrogens is 414 g/mol. The Kier molecular flexibility index (Phi) is 7.09. The zero-order valence-corrected chi connectivity index (χ0v) is 17.4. The number of halogens is 1. The SMILES string of the molecule is CCCn1c(SCC(=O)Nc2cc(S(=O)(=O)N(C)C)ccc2Cl)n[nH]c1=O. The molecule has 0 saturated heterocycles. The minimum atomic E-state index is -3.65. The number of thioether (sulfide) groups is 1. The summed E-state index contributed by atoms with van der Waals surface area (Å²) in [4.78, 5) is 23.9. The van der Waals surface area contributed by atoms with Crippen molar-refractivity contribution in [3.05, 3.63) is 33.7 Å². The lowest BCUT2D eigenvalue weighted by Crippen LogP contribution is -2.22. The summed E-state index contributed by atoms with van der Waals surface area (Å²) in [6.07, 6.45) is 0.752. The fourth-order valence-electron chi connectivity index (χ4n) is 2.12. The summed E-state index contributed by atoms with van der Waals surface area (Å²) in [7, 11) is -0.820. The normalized spacial score (nSPS) is 11.7. The van der Waals surface area contributed by atoms with E-state index in [9.17, 15) is 18.0 Å². The number of aromatic amines is 1. The lowest BCUT2D eigenvalue weighted by molar-refractivity contribution is -0.113. The number of nitrogens with one attached hydrogen (secondary N) is 2. The molecule has 0 aliphatic carbocycles. The third-order valence-electron chi connectivity index (χ3n) is 3.49. The number of aromatic nitrogens is 3. The van der Waals surface area contributed by atoms with E-state index in [4.69, 9.17) is 11.6 Å². The standard InChI is InChI=1S/C15H20ClN5O4S2/c1-4-7-21-14(23)18-19-15(21)26-9-13(22)17-12-8-10(5-6-11(12)16)27(24,25)20(2)3/h5-6,8H,4,7,9H2,1-3H3,(H,17,22)(H,18,23). The summed E-state index contributed by atoms with van der Waals surface area (Å²) in [5.74, 6) is -0.422. The average molecular weight is 434 g/mol. The summed E-state index contributed by atoms with van der Waals surface area (Å²) < 4.78 is 27.0. The molecule has 2 aromatic rings. The van der Waals surface area contributed by atoms with Gasteiger partial charge in [0, 0.05) is 20.6 Å². The van der Waals surface area contributed by atoms with Crippen LogP contribution in [0, 0.1) is 0 Å². The number of anilines is 1. The lowest BCUT2D eigenvalue weighted by atomic mass is 10.3. The van der Waals surface area contributed by atoms with E-state index in [0.717, 1.165) is 22.5 Å². The van der Waals surface area contributed by atoms with Crippen LogP contribution in [0.4, 0.5) is 5.69 Å². The van der Waals surface area contributed by atoms with Crippen LogP contribution in [0.2, 0.25) is 5.02 Å². The van der Waals surface area contributed by atoms with Crippen LogP contribution in [-0.2, 0) is 21.4 Å². The van der Waals surface area contributed by atoms with Crippen molar-refractivity contribution in [3.8, 4) is 0 Å². The predicted molar refractivity (Wildman–Crippen MR) is 105 cm³/mol. The highest BCUT2D eigenvalue weighted by Crippen LogP contribution is 2.26. The van der Waals surface area contributed by atoms with Gasteiger partial charge < -0.3 is 5.32 Å². The van der Waals surface area contributed by atoms with E-state index in [0.29, 0.717) is 11.7 Å². The summed E-state index contributed by atoms with van der Waals surface area (Å²) in [5, 5.41) is 9.46. The molecule has 1 amide bonds. The second kappa shape index (κ2) is 8.91. The fourth-order valence-corrected chi connectivity index (χ4v) is 3.99. The van der Waals surface area contributed by atoms with E-state index in [1.54, 1.807) is 0 Å². The van der Waals surface area contributed by atoms with Crippen LogP contribution in [0.15, 0.2) is 33.0 Å². The zero-order chi connectivity index (χ0) is 20.2. The first-order chi connectivity index (χ1) is 12.7. The molecule has 0 aliphatic heterocycles. The van der Waals surface area contributed by atoms with Gasteiger partial charge in [0.2, 0.25) is 15.9 Å². The van der Waals surface area contributed by atoms with Crippen LogP contribution in [0.3, 0.4) is 0 Å². The maximum atomic E-state index is 12.2. The lowest BCUT2D eigenvalue weighted by Gasteiger charge is -2.13. The quantitative estimate of drug-likeness (QED) is 0.611. The maximum Gasteiger partial charge on any atom is 0.343 e. The minimum absolute atomic E-state index is 0.0175. The Balaban J connectivity index is 2.11. The third-order valence-corrected chi connectivity index (χ3v) is 6.61. The number of nitrogens with zero attached hydrogens (tertiary/aromatic N) is 3. The average Bonchev–Trinajstić information content (AvgIpc) is 2.95. The Bertz CT molecular complexity index is 984. The molecule has 2 N–H and O–H groups in total. The van der Waals surface area contributed by atoms with E-state index in [1.165, 1.54) is 36.9 Å². The minimum Gasteiger partial charge on any atom is -0.324 e. The van der Waals surface area contributed by atoms with Gasteiger partial charge in [-0.3, -0.25) is 9.36 Å². The number of benzene rings is 1. The number of H-pyrrole nitrogens is 1. The topological polar surface area (TPSA) is 117 Å². The van der Waals surface area contributed by atoms with Gasteiger partial charge in [-0.2, -0.15) is 0 Å². The van der Waals surface area contributed by atoms with Crippen molar-refractivity contribution in [2.75, 3.05) is 25.2 Å². The van der Waals surface area contributed by atoms with Gasteiger partial charge in [-0.1, -0.05) is 30.3 Å². The molecule has 0 spiro atoms. The van der Waals surface area contributed by atoms with Crippen molar-refractivity contribution in [1.29, 1.82) is 0 Å². The highest BCUT2D eigenvalue weighted by atomic mass is 35.5. The molecule has 1 aromatic heterocycles. The Hall–Kier alpha value is -1.82. The largest absolute Gasteiger partial charge is 0.343 e. The van der Waals surface area contributed by atoms with E-state index in [2.05, 4.69) is 15.5 Å². The molecule has 0 saturated carbocycles. The van der Waals surface area contributed by atoms with Gasteiger partial charge in [0.25, 0.3) is 0 Å². The summed E-state index contributed by atoms with van der Waals surface area (Å²) in [6.45, 7) is 2.42.